The lowest BCUT2D eigenvalue weighted by molar-refractivity contribution is -0.200. The first kappa shape index (κ1) is 30.8. The normalized spacial score (nSPS) is 19.7. The van der Waals surface area contributed by atoms with Crippen molar-refractivity contribution >= 4 is 17.7 Å². The van der Waals surface area contributed by atoms with Crippen molar-refractivity contribution in [1.29, 1.82) is 0 Å². The van der Waals surface area contributed by atoms with Gasteiger partial charge in [0.2, 0.25) is 0 Å². The van der Waals surface area contributed by atoms with E-state index in [-0.39, 0.29) is 19.6 Å². The van der Waals surface area contributed by atoms with Gasteiger partial charge >= 0.3 is 24.4 Å². The van der Waals surface area contributed by atoms with E-state index in [1.165, 1.54) is 11.0 Å². The maximum atomic E-state index is 13.5. The number of carboxylic acids is 1. The molecule has 8 nitrogen and oxygen atoms in total. The van der Waals surface area contributed by atoms with E-state index in [2.05, 4.69) is 4.74 Å². The van der Waals surface area contributed by atoms with Crippen molar-refractivity contribution in [2.75, 3.05) is 57.8 Å². The van der Waals surface area contributed by atoms with E-state index in [1.807, 2.05) is 23.8 Å². The number of amides is 1. The van der Waals surface area contributed by atoms with Crippen LogP contribution in [0.1, 0.15) is 37.8 Å². The minimum absolute atomic E-state index is 0.135. The smallest absolute Gasteiger partial charge is 0.425 e. The molecule has 0 radical (unpaired) electrons. The number of aliphatic carboxylic acids is 1. The highest BCUT2D eigenvalue weighted by molar-refractivity contribution is 5.69. The molecular formula is C25H34F6N4O4. The lowest BCUT2D eigenvalue weighted by atomic mass is 9.87. The summed E-state index contributed by atoms with van der Waals surface area (Å²) in [5.41, 5.74) is -0.147. The van der Waals surface area contributed by atoms with Crippen LogP contribution >= 0.6 is 0 Å². The van der Waals surface area contributed by atoms with Crippen LogP contribution < -0.4 is 4.90 Å². The van der Waals surface area contributed by atoms with E-state index in [1.54, 1.807) is 4.90 Å². The molecule has 14 heteroatoms. The Hall–Kier alpha value is -2.74. The predicted octanol–water partition coefficient (Wildman–Crippen LogP) is 4.29. The summed E-state index contributed by atoms with van der Waals surface area (Å²) < 4.78 is 83.4. The number of piperidine rings is 1. The Morgan fingerprint density at radius 3 is 2.15 bits per heavy atom. The molecule has 1 aromatic rings. The van der Waals surface area contributed by atoms with Crippen molar-refractivity contribution in [2.24, 2.45) is 0 Å². The first-order valence-corrected chi connectivity index (χ1v) is 12.6. The number of nitrogens with zero attached hydrogens (tertiary/aromatic N) is 4. The predicted molar refractivity (Wildman–Crippen MR) is 130 cm³/mol. The van der Waals surface area contributed by atoms with Gasteiger partial charge in [-0.05, 0) is 51.4 Å². The second kappa shape index (κ2) is 11.8. The molecule has 0 bridgehead atoms. The van der Waals surface area contributed by atoms with Crippen molar-refractivity contribution in [3.8, 4) is 0 Å². The van der Waals surface area contributed by atoms with E-state index < -0.39 is 41.6 Å². The van der Waals surface area contributed by atoms with Gasteiger partial charge in [0.1, 0.15) is 0 Å². The minimum Gasteiger partial charge on any atom is -0.480 e. The van der Waals surface area contributed by atoms with Gasteiger partial charge in [-0.15, -0.1) is 0 Å². The van der Waals surface area contributed by atoms with Crippen LogP contribution in [0.3, 0.4) is 0 Å². The standard InChI is InChI=1S/C25H34F6N4O4/c1-17(24(26,27)28)39-22(38)35-8-6-23(2,7-9-35)32(3)15-18-4-5-19(25(29,30)31)14-20(18)34-12-10-33(11-13-34)16-21(36)37/h4-5,14,17H,6-13,15-16H2,1-3H3,(H,36,37). The number of halogens is 6. The van der Waals surface area contributed by atoms with E-state index in [0.717, 1.165) is 19.1 Å². The fraction of sp³-hybridized carbons (Fsp3) is 0.680. The van der Waals surface area contributed by atoms with Gasteiger partial charge in [-0.25, -0.2) is 4.79 Å². The monoisotopic (exact) mass is 568 g/mol. The molecule has 3 rings (SSSR count). The molecule has 2 aliphatic rings. The van der Waals surface area contributed by atoms with Crippen LogP contribution in [0, 0.1) is 0 Å². The van der Waals surface area contributed by atoms with Gasteiger partial charge in [-0.2, -0.15) is 26.3 Å². The summed E-state index contributed by atoms with van der Waals surface area (Å²) in [6.45, 7) is 4.77. The molecule has 0 saturated carbocycles. The Kier molecular flexibility index (Phi) is 9.31. The number of rotatable bonds is 7. The number of hydrogen-bond acceptors (Lipinski definition) is 6. The number of ether oxygens (including phenoxy) is 1. The maximum absolute atomic E-state index is 13.5. The van der Waals surface area contributed by atoms with Gasteiger partial charge in [0.05, 0.1) is 12.1 Å². The second-order valence-electron chi connectivity index (χ2n) is 10.4. The van der Waals surface area contributed by atoms with Crippen LogP contribution in [-0.2, 0) is 22.3 Å². The molecule has 1 amide bonds. The minimum atomic E-state index is -4.65. The first-order valence-electron chi connectivity index (χ1n) is 12.6. The molecule has 220 valence electrons. The summed E-state index contributed by atoms with van der Waals surface area (Å²) in [6, 6.07) is 3.61. The summed E-state index contributed by atoms with van der Waals surface area (Å²) in [7, 11) is 1.83. The van der Waals surface area contributed by atoms with Gasteiger partial charge in [-0.3, -0.25) is 14.6 Å². The SMILES string of the molecule is CC(OC(=O)N1CCC(C)(N(C)Cc2ccc(C(F)(F)F)cc2N2CCN(CC(=O)O)CC2)CC1)C(F)(F)F. The second-order valence-corrected chi connectivity index (χ2v) is 10.4. The van der Waals surface area contributed by atoms with Crippen molar-refractivity contribution in [3.63, 3.8) is 0 Å². The highest BCUT2D eigenvalue weighted by atomic mass is 19.4. The van der Waals surface area contributed by atoms with E-state index in [0.29, 0.717) is 56.8 Å². The number of anilines is 1. The fourth-order valence-corrected chi connectivity index (χ4v) is 4.80. The Labute approximate surface area is 223 Å². The average Bonchev–Trinajstić information content (AvgIpc) is 2.83. The molecule has 0 spiro atoms. The molecule has 0 aromatic heterocycles. The molecule has 1 aromatic carbocycles. The van der Waals surface area contributed by atoms with Crippen LogP contribution in [-0.4, -0.2) is 103 Å². The van der Waals surface area contributed by atoms with Crippen molar-refractivity contribution in [2.45, 2.75) is 57.2 Å². The largest absolute Gasteiger partial charge is 0.480 e. The van der Waals surface area contributed by atoms with Crippen molar-refractivity contribution in [1.82, 2.24) is 14.7 Å². The first-order chi connectivity index (χ1) is 18.0. The Morgan fingerprint density at radius 1 is 1.05 bits per heavy atom. The van der Waals surface area contributed by atoms with Gasteiger partial charge in [-0.1, -0.05) is 6.07 Å². The molecule has 1 unspecified atom stereocenters. The van der Waals surface area contributed by atoms with Gasteiger partial charge < -0.3 is 19.6 Å². The van der Waals surface area contributed by atoms with E-state index in [9.17, 15) is 35.9 Å². The molecule has 2 saturated heterocycles. The topological polar surface area (TPSA) is 76.6 Å². The van der Waals surface area contributed by atoms with E-state index >= 15 is 0 Å². The number of piperazine rings is 1. The number of benzene rings is 1. The van der Waals surface area contributed by atoms with Crippen molar-refractivity contribution < 1.29 is 45.8 Å². The third-order valence-electron chi connectivity index (χ3n) is 7.65. The molecule has 2 fully saturated rings. The number of alkyl halides is 6. The van der Waals surface area contributed by atoms with Crippen LogP contribution in [0.4, 0.5) is 36.8 Å². The molecular weight excluding hydrogens is 534 g/mol. The lowest BCUT2D eigenvalue weighted by Crippen LogP contribution is -2.53. The lowest BCUT2D eigenvalue weighted by Gasteiger charge is -2.45. The fourth-order valence-electron chi connectivity index (χ4n) is 4.80. The third-order valence-corrected chi connectivity index (χ3v) is 7.65. The molecule has 39 heavy (non-hydrogen) atoms. The van der Waals surface area contributed by atoms with Crippen LogP contribution in [0.5, 0.6) is 0 Å². The summed E-state index contributed by atoms with van der Waals surface area (Å²) in [4.78, 5) is 30.0. The molecule has 2 aliphatic heterocycles. The molecule has 1 N–H and O–H groups in total. The number of carbonyl (C=O) groups excluding carboxylic acids is 1. The maximum Gasteiger partial charge on any atom is 0.425 e. The Balaban J connectivity index is 1.70. The number of likely N-dealkylation sites (tertiary alicyclic amines) is 1. The summed E-state index contributed by atoms with van der Waals surface area (Å²) >= 11 is 0. The zero-order valence-electron chi connectivity index (χ0n) is 22.1. The molecule has 1 atom stereocenters. The summed E-state index contributed by atoms with van der Waals surface area (Å²) in [6.07, 6.45) is -11.6. The number of carbonyl (C=O) groups is 2. The van der Waals surface area contributed by atoms with Crippen LogP contribution in [0.15, 0.2) is 18.2 Å². The van der Waals surface area contributed by atoms with Crippen LogP contribution in [0.2, 0.25) is 0 Å². The number of hydrogen-bond donors (Lipinski definition) is 1. The Bertz CT molecular complexity index is 1020. The van der Waals surface area contributed by atoms with Crippen LogP contribution in [0.25, 0.3) is 0 Å². The Morgan fingerprint density at radius 2 is 1.64 bits per heavy atom. The van der Waals surface area contributed by atoms with E-state index in [4.69, 9.17) is 5.11 Å². The van der Waals surface area contributed by atoms with Gasteiger partial charge in [0.25, 0.3) is 0 Å². The molecule has 2 heterocycles. The highest BCUT2D eigenvalue weighted by Crippen LogP contribution is 2.36. The average molecular weight is 569 g/mol. The molecule has 0 aliphatic carbocycles. The van der Waals surface area contributed by atoms with Gasteiger partial charge in [0.15, 0.2) is 6.10 Å². The highest BCUT2D eigenvalue weighted by Gasteiger charge is 2.42. The zero-order chi connectivity index (χ0) is 29.2. The zero-order valence-corrected chi connectivity index (χ0v) is 22.1. The summed E-state index contributed by atoms with van der Waals surface area (Å²) in [5.74, 6) is -0.966. The third kappa shape index (κ3) is 7.90. The quantitative estimate of drug-likeness (QED) is 0.492. The van der Waals surface area contributed by atoms with Gasteiger partial charge in [0, 0.05) is 57.0 Å². The summed E-state index contributed by atoms with van der Waals surface area (Å²) in [5, 5.41) is 9.02. The van der Waals surface area contributed by atoms with Crippen molar-refractivity contribution in [3.05, 3.63) is 29.3 Å². The number of carboxylic acid groups (broad SMARTS) is 1.